The van der Waals surface area contributed by atoms with E-state index >= 15 is 0 Å². The van der Waals surface area contributed by atoms with E-state index in [4.69, 9.17) is 4.74 Å². The van der Waals surface area contributed by atoms with Crippen molar-refractivity contribution in [3.8, 4) is 5.75 Å². The Balaban J connectivity index is 2.53. The molecule has 0 fully saturated rings. The van der Waals surface area contributed by atoms with Crippen LogP contribution < -0.4 is 15.4 Å². The van der Waals surface area contributed by atoms with E-state index < -0.39 is 0 Å². The molecule has 5 heteroatoms. The molecule has 0 atom stereocenters. The van der Waals surface area contributed by atoms with E-state index in [1.54, 1.807) is 13.2 Å². The van der Waals surface area contributed by atoms with Crippen molar-refractivity contribution >= 4 is 11.8 Å². The third-order valence-corrected chi connectivity index (χ3v) is 2.27. The lowest BCUT2D eigenvalue weighted by Gasteiger charge is -2.08. The van der Waals surface area contributed by atoms with Gasteiger partial charge in [0.2, 0.25) is 11.8 Å². The normalized spacial score (nSPS) is 9.53. The van der Waals surface area contributed by atoms with Crippen LogP contribution in [0.15, 0.2) is 24.3 Å². The van der Waals surface area contributed by atoms with Crippen LogP contribution in [0.3, 0.4) is 0 Å². The third kappa shape index (κ3) is 4.14. The molecule has 0 saturated heterocycles. The Kier molecular flexibility index (Phi) is 5.00. The molecule has 0 aromatic heterocycles. The second-order valence-electron chi connectivity index (χ2n) is 3.44. The number of benzene rings is 1. The Labute approximate surface area is 100 Å². The van der Waals surface area contributed by atoms with Crippen LogP contribution in [0.1, 0.15) is 5.56 Å². The smallest absolute Gasteiger partial charge is 0.239 e. The molecule has 0 aliphatic heterocycles. The zero-order valence-electron chi connectivity index (χ0n) is 9.95. The van der Waals surface area contributed by atoms with Crippen LogP contribution in [0.25, 0.3) is 0 Å². The molecule has 0 heterocycles. The number of hydrogen-bond donors (Lipinski definition) is 2. The van der Waals surface area contributed by atoms with Gasteiger partial charge >= 0.3 is 0 Å². The summed E-state index contributed by atoms with van der Waals surface area (Å²) in [6.45, 7) is -0.00944. The molecule has 1 rings (SSSR count). The molecule has 5 nitrogen and oxygen atoms in total. The van der Waals surface area contributed by atoms with Gasteiger partial charge in [0.1, 0.15) is 5.75 Å². The second-order valence-corrected chi connectivity index (χ2v) is 3.44. The minimum absolute atomic E-state index is 0.00944. The first-order valence-electron chi connectivity index (χ1n) is 5.26. The van der Waals surface area contributed by atoms with Crippen LogP contribution in [-0.4, -0.2) is 32.5 Å². The number of hydrogen-bond acceptors (Lipinski definition) is 3. The SMILES string of the molecule is CNC(=O)CNC(=O)Cc1ccccc1OC. The molecular formula is C12H16N2O3. The Morgan fingerprint density at radius 3 is 2.59 bits per heavy atom. The number of nitrogens with one attached hydrogen (secondary N) is 2. The van der Waals surface area contributed by atoms with E-state index in [1.165, 1.54) is 7.05 Å². The highest BCUT2D eigenvalue weighted by Crippen LogP contribution is 2.17. The summed E-state index contributed by atoms with van der Waals surface area (Å²) in [5.74, 6) is 0.235. The molecule has 1 aromatic rings. The molecule has 1 aromatic carbocycles. The topological polar surface area (TPSA) is 67.4 Å². The van der Waals surface area contributed by atoms with Crippen LogP contribution in [-0.2, 0) is 16.0 Å². The quantitative estimate of drug-likeness (QED) is 0.762. The van der Waals surface area contributed by atoms with Crippen LogP contribution in [0.4, 0.5) is 0 Å². The van der Waals surface area contributed by atoms with Gasteiger partial charge in [0, 0.05) is 12.6 Å². The predicted octanol–water partition coefficient (Wildman–Crippen LogP) is 0.0999. The van der Waals surface area contributed by atoms with Gasteiger partial charge < -0.3 is 15.4 Å². The number of likely N-dealkylation sites (N-methyl/N-ethyl adjacent to an activating group) is 1. The Morgan fingerprint density at radius 1 is 1.24 bits per heavy atom. The van der Waals surface area contributed by atoms with Crippen molar-refractivity contribution in [2.45, 2.75) is 6.42 Å². The highest BCUT2D eigenvalue weighted by molar-refractivity contribution is 5.85. The molecule has 0 spiro atoms. The van der Waals surface area contributed by atoms with Gasteiger partial charge in [-0.05, 0) is 6.07 Å². The molecule has 0 saturated carbocycles. The number of carbonyl (C=O) groups is 2. The van der Waals surface area contributed by atoms with Crippen LogP contribution in [0.2, 0.25) is 0 Å². The third-order valence-electron chi connectivity index (χ3n) is 2.27. The van der Waals surface area contributed by atoms with Gasteiger partial charge in [0.05, 0.1) is 20.1 Å². The summed E-state index contributed by atoms with van der Waals surface area (Å²) in [7, 11) is 3.08. The summed E-state index contributed by atoms with van der Waals surface area (Å²) in [4.78, 5) is 22.5. The molecule has 0 radical (unpaired) electrons. The zero-order valence-corrected chi connectivity index (χ0v) is 9.95. The maximum absolute atomic E-state index is 11.6. The van der Waals surface area contributed by atoms with E-state index in [1.807, 2.05) is 18.2 Å². The van der Waals surface area contributed by atoms with Gasteiger partial charge in [-0.1, -0.05) is 18.2 Å². The highest BCUT2D eigenvalue weighted by Gasteiger charge is 2.08. The largest absolute Gasteiger partial charge is 0.496 e. The van der Waals surface area contributed by atoms with E-state index in [0.717, 1.165) is 5.56 Å². The van der Waals surface area contributed by atoms with Gasteiger partial charge in [0.15, 0.2) is 0 Å². The fraction of sp³-hybridized carbons (Fsp3) is 0.333. The maximum atomic E-state index is 11.6. The first kappa shape index (κ1) is 13.0. The van der Waals surface area contributed by atoms with Crippen LogP contribution in [0, 0.1) is 0 Å². The number of amides is 2. The van der Waals surface area contributed by atoms with Crippen molar-refractivity contribution in [1.29, 1.82) is 0 Å². The number of ether oxygens (including phenoxy) is 1. The Morgan fingerprint density at radius 2 is 1.94 bits per heavy atom. The van der Waals surface area contributed by atoms with Crippen LogP contribution in [0.5, 0.6) is 5.75 Å². The average molecular weight is 236 g/mol. The Hall–Kier alpha value is -2.04. The molecule has 0 aliphatic carbocycles. The van der Waals surface area contributed by atoms with Crippen molar-refractivity contribution < 1.29 is 14.3 Å². The Bertz CT molecular complexity index is 404. The molecular weight excluding hydrogens is 220 g/mol. The summed E-state index contributed by atoms with van der Waals surface area (Å²) < 4.78 is 5.13. The molecule has 0 aliphatic rings. The van der Waals surface area contributed by atoms with Crippen molar-refractivity contribution in [2.75, 3.05) is 20.7 Å². The molecule has 92 valence electrons. The van der Waals surface area contributed by atoms with E-state index in [-0.39, 0.29) is 24.8 Å². The first-order chi connectivity index (χ1) is 8.17. The molecule has 2 amide bonds. The minimum Gasteiger partial charge on any atom is -0.496 e. The lowest BCUT2D eigenvalue weighted by atomic mass is 10.1. The van der Waals surface area contributed by atoms with Crippen molar-refractivity contribution in [1.82, 2.24) is 10.6 Å². The van der Waals surface area contributed by atoms with Gasteiger partial charge in [-0.25, -0.2) is 0 Å². The zero-order chi connectivity index (χ0) is 12.7. The van der Waals surface area contributed by atoms with Gasteiger partial charge in [-0.2, -0.15) is 0 Å². The van der Waals surface area contributed by atoms with E-state index in [9.17, 15) is 9.59 Å². The number of para-hydroxylation sites is 1. The standard InChI is InChI=1S/C12H16N2O3/c1-13-12(16)8-14-11(15)7-9-5-3-4-6-10(9)17-2/h3-6H,7-8H2,1-2H3,(H,13,16)(H,14,15). The minimum atomic E-state index is -0.224. The number of rotatable bonds is 5. The predicted molar refractivity (Wildman–Crippen MR) is 63.8 cm³/mol. The van der Waals surface area contributed by atoms with Crippen LogP contribution >= 0.6 is 0 Å². The first-order valence-corrected chi connectivity index (χ1v) is 5.26. The lowest BCUT2D eigenvalue weighted by Crippen LogP contribution is -2.35. The average Bonchev–Trinajstić information content (AvgIpc) is 2.36. The monoisotopic (exact) mass is 236 g/mol. The molecule has 2 N–H and O–H groups in total. The fourth-order valence-electron chi connectivity index (χ4n) is 1.35. The summed E-state index contributed by atoms with van der Waals surface area (Å²) in [6, 6.07) is 7.29. The fourth-order valence-corrected chi connectivity index (χ4v) is 1.35. The summed E-state index contributed by atoms with van der Waals surface area (Å²) in [5, 5.41) is 4.96. The van der Waals surface area contributed by atoms with Crippen molar-refractivity contribution in [2.24, 2.45) is 0 Å². The van der Waals surface area contributed by atoms with Gasteiger partial charge in [-0.3, -0.25) is 9.59 Å². The highest BCUT2D eigenvalue weighted by atomic mass is 16.5. The maximum Gasteiger partial charge on any atom is 0.239 e. The summed E-state index contributed by atoms with van der Waals surface area (Å²) in [5.41, 5.74) is 0.796. The van der Waals surface area contributed by atoms with E-state index in [0.29, 0.717) is 5.75 Å². The van der Waals surface area contributed by atoms with E-state index in [2.05, 4.69) is 10.6 Å². The van der Waals surface area contributed by atoms with Crippen molar-refractivity contribution in [3.63, 3.8) is 0 Å². The van der Waals surface area contributed by atoms with Gasteiger partial charge in [-0.15, -0.1) is 0 Å². The summed E-state index contributed by atoms with van der Waals surface area (Å²) in [6.07, 6.45) is 0.195. The molecule has 0 unspecified atom stereocenters. The van der Waals surface area contributed by atoms with Crippen molar-refractivity contribution in [3.05, 3.63) is 29.8 Å². The summed E-state index contributed by atoms with van der Waals surface area (Å²) >= 11 is 0. The second kappa shape index (κ2) is 6.52. The molecule has 17 heavy (non-hydrogen) atoms. The number of carbonyl (C=O) groups excluding carboxylic acids is 2. The number of methoxy groups -OCH3 is 1. The van der Waals surface area contributed by atoms with Gasteiger partial charge in [0.25, 0.3) is 0 Å². The molecule has 0 bridgehead atoms. The lowest BCUT2D eigenvalue weighted by molar-refractivity contribution is -0.125.